The summed E-state index contributed by atoms with van der Waals surface area (Å²) < 4.78 is 46.1. The van der Waals surface area contributed by atoms with Crippen LogP contribution < -0.4 is 0 Å². The number of benzene rings is 1. The summed E-state index contributed by atoms with van der Waals surface area (Å²) in [5.74, 6) is -0.121. The molecule has 0 N–H and O–H groups in total. The van der Waals surface area contributed by atoms with Crippen molar-refractivity contribution in [3.8, 4) is 16.3 Å². The highest BCUT2D eigenvalue weighted by Crippen LogP contribution is 2.34. The van der Waals surface area contributed by atoms with Crippen LogP contribution in [-0.4, -0.2) is 46.9 Å². The number of rotatable bonds is 3. The van der Waals surface area contributed by atoms with Crippen LogP contribution in [-0.2, 0) is 10.9 Å². The predicted octanol–water partition coefficient (Wildman–Crippen LogP) is 4.09. The molecule has 1 fully saturated rings. The number of alkyl halides is 3. The van der Waals surface area contributed by atoms with Gasteiger partial charge in [0.1, 0.15) is 0 Å². The van der Waals surface area contributed by atoms with Crippen molar-refractivity contribution in [3.05, 3.63) is 59.1 Å². The molecule has 0 spiro atoms. The Morgan fingerprint density at radius 3 is 2.43 bits per heavy atom. The Morgan fingerprint density at radius 2 is 1.82 bits per heavy atom. The lowest BCUT2D eigenvalue weighted by Gasteiger charge is -2.26. The summed E-state index contributed by atoms with van der Waals surface area (Å²) in [6.45, 7) is 2.05. The van der Waals surface area contributed by atoms with E-state index in [9.17, 15) is 18.0 Å². The van der Waals surface area contributed by atoms with E-state index in [1.165, 1.54) is 16.0 Å². The molecule has 0 saturated carbocycles. The molecule has 3 aromatic rings. The molecular formula is C19H16F3N3O2S. The standard InChI is InChI=1S/C19H16F3N3O2S/c20-19(21,22)17-12-15(16-2-1-11-28-16)25(23-17)14-5-3-13(4-6-14)18(26)24-7-9-27-10-8-24/h1-6,11-12H,7-10H2. The molecule has 0 radical (unpaired) electrons. The second-order valence-corrected chi connectivity index (χ2v) is 7.20. The first kappa shape index (κ1) is 18.7. The average molecular weight is 407 g/mol. The first-order valence-electron chi connectivity index (χ1n) is 8.62. The van der Waals surface area contributed by atoms with Crippen LogP contribution in [0.4, 0.5) is 13.2 Å². The van der Waals surface area contributed by atoms with E-state index >= 15 is 0 Å². The predicted molar refractivity (Wildman–Crippen MR) is 98.6 cm³/mol. The molecule has 1 aromatic carbocycles. The van der Waals surface area contributed by atoms with E-state index in [1.807, 2.05) is 0 Å². The van der Waals surface area contributed by atoms with Gasteiger partial charge in [-0.3, -0.25) is 4.79 Å². The molecule has 4 rings (SSSR count). The molecule has 146 valence electrons. The quantitative estimate of drug-likeness (QED) is 0.657. The van der Waals surface area contributed by atoms with Gasteiger partial charge in [-0.15, -0.1) is 11.3 Å². The second-order valence-electron chi connectivity index (χ2n) is 6.25. The van der Waals surface area contributed by atoms with Gasteiger partial charge in [0.2, 0.25) is 0 Å². The van der Waals surface area contributed by atoms with Gasteiger partial charge in [0, 0.05) is 18.7 Å². The zero-order valence-electron chi connectivity index (χ0n) is 14.6. The Bertz CT molecular complexity index is 959. The van der Waals surface area contributed by atoms with Crippen LogP contribution in [0.3, 0.4) is 0 Å². The summed E-state index contributed by atoms with van der Waals surface area (Å²) >= 11 is 1.33. The van der Waals surface area contributed by atoms with Crippen molar-refractivity contribution in [2.45, 2.75) is 6.18 Å². The third-order valence-electron chi connectivity index (χ3n) is 4.43. The minimum atomic E-state index is -4.54. The monoisotopic (exact) mass is 407 g/mol. The molecule has 9 heteroatoms. The van der Waals surface area contributed by atoms with Gasteiger partial charge in [0.25, 0.3) is 5.91 Å². The Labute approximate surface area is 163 Å². The van der Waals surface area contributed by atoms with E-state index in [0.717, 1.165) is 6.07 Å². The molecule has 28 heavy (non-hydrogen) atoms. The maximum absolute atomic E-state index is 13.2. The average Bonchev–Trinajstić information content (AvgIpc) is 3.37. The summed E-state index contributed by atoms with van der Waals surface area (Å²) in [5.41, 5.74) is 0.336. The molecule has 1 amide bonds. The smallest absolute Gasteiger partial charge is 0.378 e. The van der Waals surface area contributed by atoms with E-state index in [-0.39, 0.29) is 5.91 Å². The number of halogens is 3. The number of ether oxygens (including phenoxy) is 1. The maximum atomic E-state index is 13.2. The Kier molecular flexibility index (Phi) is 4.94. The van der Waals surface area contributed by atoms with Gasteiger partial charge in [0.05, 0.1) is 29.5 Å². The first-order valence-corrected chi connectivity index (χ1v) is 9.50. The largest absolute Gasteiger partial charge is 0.435 e. The molecular weight excluding hydrogens is 391 g/mol. The van der Waals surface area contributed by atoms with Crippen molar-refractivity contribution >= 4 is 17.2 Å². The van der Waals surface area contributed by atoms with Crippen LogP contribution in [0.2, 0.25) is 0 Å². The summed E-state index contributed by atoms with van der Waals surface area (Å²) in [6.07, 6.45) is -4.54. The number of hydrogen-bond acceptors (Lipinski definition) is 4. The van der Waals surface area contributed by atoms with E-state index in [1.54, 1.807) is 46.7 Å². The minimum absolute atomic E-state index is 0.121. The highest BCUT2D eigenvalue weighted by atomic mass is 32.1. The molecule has 1 aliphatic heterocycles. The molecule has 0 bridgehead atoms. The topological polar surface area (TPSA) is 47.4 Å². The van der Waals surface area contributed by atoms with Gasteiger partial charge in [-0.2, -0.15) is 18.3 Å². The number of thiophene rings is 1. The number of carbonyl (C=O) groups excluding carboxylic acids is 1. The number of aromatic nitrogens is 2. The third-order valence-corrected chi connectivity index (χ3v) is 5.32. The number of carbonyl (C=O) groups is 1. The normalized spacial score (nSPS) is 15.0. The fourth-order valence-electron chi connectivity index (χ4n) is 3.01. The zero-order valence-corrected chi connectivity index (χ0v) is 15.5. The van der Waals surface area contributed by atoms with Crippen LogP contribution in [0.1, 0.15) is 16.1 Å². The molecule has 1 saturated heterocycles. The van der Waals surface area contributed by atoms with Crippen LogP contribution >= 0.6 is 11.3 Å². The molecule has 0 aliphatic carbocycles. The van der Waals surface area contributed by atoms with Crippen molar-refractivity contribution in [2.24, 2.45) is 0 Å². The van der Waals surface area contributed by atoms with Crippen LogP contribution in [0.25, 0.3) is 16.3 Å². The van der Waals surface area contributed by atoms with E-state index in [2.05, 4.69) is 5.10 Å². The van der Waals surface area contributed by atoms with Crippen LogP contribution in [0.15, 0.2) is 47.8 Å². The molecule has 2 aromatic heterocycles. The van der Waals surface area contributed by atoms with Crippen molar-refractivity contribution in [2.75, 3.05) is 26.3 Å². The van der Waals surface area contributed by atoms with E-state index in [4.69, 9.17) is 4.74 Å². The lowest BCUT2D eigenvalue weighted by atomic mass is 10.1. The summed E-state index contributed by atoms with van der Waals surface area (Å²) in [7, 11) is 0. The summed E-state index contributed by atoms with van der Waals surface area (Å²) in [6, 6.07) is 11.0. The van der Waals surface area contributed by atoms with Crippen molar-refractivity contribution in [1.29, 1.82) is 0 Å². The number of nitrogens with zero attached hydrogens (tertiary/aromatic N) is 3. The SMILES string of the molecule is O=C(c1ccc(-n2nc(C(F)(F)F)cc2-c2cccs2)cc1)N1CCOCC1. The fourth-order valence-corrected chi connectivity index (χ4v) is 3.74. The highest BCUT2D eigenvalue weighted by Gasteiger charge is 2.35. The summed E-state index contributed by atoms with van der Waals surface area (Å²) in [4.78, 5) is 14.9. The third kappa shape index (κ3) is 3.67. The van der Waals surface area contributed by atoms with E-state index < -0.39 is 11.9 Å². The maximum Gasteiger partial charge on any atom is 0.435 e. The minimum Gasteiger partial charge on any atom is -0.378 e. The molecule has 1 aliphatic rings. The highest BCUT2D eigenvalue weighted by molar-refractivity contribution is 7.13. The second kappa shape index (κ2) is 7.40. The molecule has 0 unspecified atom stereocenters. The number of amides is 1. The Hall–Kier alpha value is -2.65. The molecule has 3 heterocycles. The van der Waals surface area contributed by atoms with Gasteiger partial charge in [0.15, 0.2) is 5.69 Å². The summed E-state index contributed by atoms with van der Waals surface area (Å²) in [5, 5.41) is 5.55. The Balaban J connectivity index is 1.67. The van der Waals surface area contributed by atoms with Crippen LogP contribution in [0.5, 0.6) is 0 Å². The number of morpholine rings is 1. The lowest BCUT2D eigenvalue weighted by molar-refractivity contribution is -0.141. The van der Waals surface area contributed by atoms with Gasteiger partial charge in [-0.05, 0) is 41.8 Å². The zero-order chi connectivity index (χ0) is 19.7. The first-order chi connectivity index (χ1) is 13.4. The van der Waals surface area contributed by atoms with Gasteiger partial charge >= 0.3 is 6.18 Å². The number of hydrogen-bond donors (Lipinski definition) is 0. The van der Waals surface area contributed by atoms with Crippen molar-refractivity contribution < 1.29 is 22.7 Å². The lowest BCUT2D eigenvalue weighted by Crippen LogP contribution is -2.40. The van der Waals surface area contributed by atoms with Crippen molar-refractivity contribution in [3.63, 3.8) is 0 Å². The van der Waals surface area contributed by atoms with Gasteiger partial charge in [-0.25, -0.2) is 4.68 Å². The van der Waals surface area contributed by atoms with Gasteiger partial charge in [-0.1, -0.05) is 6.07 Å². The molecule has 5 nitrogen and oxygen atoms in total. The Morgan fingerprint density at radius 1 is 1.11 bits per heavy atom. The molecule has 0 atom stereocenters. The van der Waals surface area contributed by atoms with E-state index in [0.29, 0.717) is 48.1 Å². The fraction of sp³-hybridized carbons (Fsp3) is 0.263. The van der Waals surface area contributed by atoms with Gasteiger partial charge < -0.3 is 9.64 Å². The van der Waals surface area contributed by atoms with Crippen molar-refractivity contribution in [1.82, 2.24) is 14.7 Å². The van der Waals surface area contributed by atoms with Crippen LogP contribution in [0, 0.1) is 0 Å².